The van der Waals surface area contributed by atoms with Gasteiger partial charge < -0.3 is 53.4 Å². The third kappa shape index (κ3) is 17.3. The summed E-state index contributed by atoms with van der Waals surface area (Å²) in [6.07, 6.45) is -4.82. The fourth-order valence-corrected chi connectivity index (χ4v) is 10.2. The molecule has 2 aliphatic heterocycles. The number of ketones is 1. The largest absolute Gasteiger partial charge is 0.491 e. The minimum atomic E-state index is -4.80. The van der Waals surface area contributed by atoms with E-state index >= 15 is 0 Å². The Bertz CT molecular complexity index is 2730. The number of halogens is 3. The Hall–Kier alpha value is -5.94. The van der Waals surface area contributed by atoms with Crippen molar-refractivity contribution in [1.82, 2.24) is 15.2 Å². The van der Waals surface area contributed by atoms with Gasteiger partial charge in [0.2, 0.25) is 11.8 Å². The zero-order valence-electron chi connectivity index (χ0n) is 45.3. The van der Waals surface area contributed by atoms with Gasteiger partial charge in [0, 0.05) is 25.1 Å². The Morgan fingerprint density at radius 2 is 1.41 bits per heavy atom. The topological polar surface area (TPSA) is 212 Å². The van der Waals surface area contributed by atoms with E-state index in [4.69, 9.17) is 45.4 Å². The fraction of sp³-hybridized carbons (Fsp3) is 0.518. The Morgan fingerprint density at radius 1 is 0.848 bits per heavy atom. The van der Waals surface area contributed by atoms with Crippen molar-refractivity contribution in [1.29, 1.82) is 5.26 Å². The summed E-state index contributed by atoms with van der Waals surface area (Å²) in [7, 11) is 0. The first-order valence-corrected chi connectivity index (χ1v) is 27.2. The number of aliphatic hydroxyl groups is 1. The number of thiocarbonyl (C=S) groups is 1. The van der Waals surface area contributed by atoms with Crippen molar-refractivity contribution in [2.24, 2.45) is 5.41 Å². The van der Waals surface area contributed by atoms with Crippen LogP contribution in [0.3, 0.4) is 0 Å². The number of aryl methyl sites for hydroxylation is 2. The van der Waals surface area contributed by atoms with Crippen LogP contribution in [0.2, 0.25) is 0 Å². The molecule has 4 aromatic rings. The van der Waals surface area contributed by atoms with Gasteiger partial charge in [-0.1, -0.05) is 45.0 Å². The molecule has 0 saturated carbocycles. The first-order valence-electron chi connectivity index (χ1n) is 25.9. The van der Waals surface area contributed by atoms with Crippen molar-refractivity contribution in [2.45, 2.75) is 90.7 Å². The number of hydrogen-bond donors (Lipinski definition) is 2. The Morgan fingerprint density at radius 3 is 1.94 bits per heavy atom. The van der Waals surface area contributed by atoms with Crippen LogP contribution in [0.25, 0.3) is 10.4 Å². The minimum Gasteiger partial charge on any atom is -0.491 e. The molecule has 2 saturated heterocycles. The van der Waals surface area contributed by atoms with Gasteiger partial charge >= 0.3 is 6.18 Å². The first-order chi connectivity index (χ1) is 37.6. The average Bonchev–Trinajstić information content (AvgIpc) is 4.29. The molecule has 2 N–H and O–H groups in total. The van der Waals surface area contributed by atoms with Crippen LogP contribution in [0.1, 0.15) is 69.8 Å². The lowest BCUT2D eigenvalue weighted by Gasteiger charge is -2.35. The van der Waals surface area contributed by atoms with Crippen LogP contribution in [0, 0.1) is 23.7 Å². The predicted octanol–water partition coefficient (Wildman–Crippen LogP) is 7.10. The van der Waals surface area contributed by atoms with Crippen LogP contribution in [-0.2, 0) is 60.2 Å². The van der Waals surface area contributed by atoms with Crippen molar-refractivity contribution in [3.63, 3.8) is 0 Å². The van der Waals surface area contributed by atoms with Gasteiger partial charge in [-0.2, -0.15) is 18.4 Å². The van der Waals surface area contributed by atoms with Gasteiger partial charge in [-0.25, -0.2) is 4.98 Å². The molecule has 3 aromatic carbocycles. The number of amides is 3. The number of β-amino-alcohol motifs (C(OH)–C–C–N with tert-alkyl or cyclic N) is 1. The lowest BCUT2D eigenvalue weighted by atomic mass is 9.85. The summed E-state index contributed by atoms with van der Waals surface area (Å²) in [5.74, 6) is -1.06. The summed E-state index contributed by atoms with van der Waals surface area (Å²) in [5, 5.41) is 22.5. The quantitative estimate of drug-likeness (QED) is 0.0394. The van der Waals surface area contributed by atoms with Crippen molar-refractivity contribution in [3.05, 3.63) is 94.6 Å². The number of nitriles is 1. The van der Waals surface area contributed by atoms with Crippen LogP contribution in [-0.4, -0.2) is 160 Å². The number of hydrogen-bond acceptors (Lipinski definition) is 16. The normalized spacial score (nSPS) is 16.8. The molecule has 23 heteroatoms. The van der Waals surface area contributed by atoms with E-state index in [0.717, 1.165) is 38.7 Å². The molecule has 79 heavy (non-hydrogen) atoms. The van der Waals surface area contributed by atoms with E-state index < -0.39 is 64.2 Å². The molecule has 0 radical (unpaired) electrons. The number of aliphatic hydroxyl groups excluding tert-OH is 1. The number of rotatable bonds is 30. The zero-order chi connectivity index (χ0) is 57.3. The maximum absolute atomic E-state index is 13.9. The summed E-state index contributed by atoms with van der Waals surface area (Å²) in [6.45, 7) is 14.0. The highest BCUT2D eigenvalue weighted by atomic mass is 32.1. The van der Waals surface area contributed by atoms with Gasteiger partial charge in [0.25, 0.3) is 5.91 Å². The third-order valence-electron chi connectivity index (χ3n) is 13.0. The molecule has 3 amide bonds. The molecule has 3 heterocycles. The molecular formula is C56H69F3N6O12S2. The molecule has 1 aromatic heterocycles. The maximum Gasteiger partial charge on any atom is 0.417 e. The van der Waals surface area contributed by atoms with Crippen molar-refractivity contribution in [2.75, 3.05) is 102 Å². The molecular weight excluding hydrogens is 1070 g/mol. The van der Waals surface area contributed by atoms with Crippen molar-refractivity contribution < 1.29 is 70.6 Å². The SMILES string of the molecule is Cc1ncsc1-c1ccc(CCC(=O)[C@@H]2C[C@@H](O)CN2C(=O)[C@@H](NC(=O)COCCOCCOCCOCCOCCOCCOc2ccc(N3C(=S)N(c4ccc(C#N)c(C(F)(F)F)c4)C(=O)C3(C)C)cc2)C(C)(C)C)cc1. The standard InChI is InChI=1S/C56H69F3N6O12S2/c1-37-49(79-36-61-37)39-10-7-38(8-11-39)9-18-47(67)46-32-43(66)34-63(46)51(69)50(54(2,3)4)62-48(68)35-76-28-27-74-24-23-72-20-19-71-21-22-73-25-26-75-29-30-77-44-16-14-41(15-17-44)65-53(78)64(52(70)55(65,5)6)42-13-12-40(33-60)45(31-42)56(57,58)59/h7-8,10-17,31,36,43,46,50,66H,9,18-30,32,34-35H2,1-6H3,(H,62,68)/t43-,46+,50-/m1/s1. The molecule has 3 atom stereocenters. The summed E-state index contributed by atoms with van der Waals surface area (Å²) >= 11 is 7.18. The molecule has 0 spiro atoms. The maximum atomic E-state index is 13.9. The number of thiazole rings is 1. The highest BCUT2D eigenvalue weighted by Gasteiger charge is 2.51. The summed E-state index contributed by atoms with van der Waals surface area (Å²) in [6, 6.07) is 17.6. The second-order valence-corrected chi connectivity index (χ2v) is 21.5. The Labute approximate surface area is 468 Å². The smallest absolute Gasteiger partial charge is 0.417 e. The van der Waals surface area contributed by atoms with Crippen molar-refractivity contribution >= 4 is 63.5 Å². The molecule has 2 aliphatic rings. The third-order valence-corrected chi connectivity index (χ3v) is 14.4. The number of ether oxygens (including phenoxy) is 7. The predicted molar refractivity (Wildman–Crippen MR) is 293 cm³/mol. The Balaban J connectivity index is 0.754. The highest BCUT2D eigenvalue weighted by Crippen LogP contribution is 2.40. The van der Waals surface area contributed by atoms with Crippen LogP contribution in [0.15, 0.2) is 72.2 Å². The summed E-state index contributed by atoms with van der Waals surface area (Å²) in [5.41, 5.74) is 1.63. The number of carbonyl (C=O) groups excluding carboxylic acids is 4. The molecule has 6 rings (SSSR count). The van der Waals surface area contributed by atoms with Crippen molar-refractivity contribution in [3.8, 4) is 22.3 Å². The number of aromatic nitrogens is 1. The molecule has 2 fully saturated rings. The lowest BCUT2D eigenvalue weighted by molar-refractivity contribution is -0.144. The monoisotopic (exact) mass is 1140 g/mol. The van der Waals surface area contributed by atoms with E-state index in [-0.39, 0.29) is 69.0 Å². The summed E-state index contributed by atoms with van der Waals surface area (Å²) < 4.78 is 80.1. The van der Waals surface area contributed by atoms with Gasteiger partial charge in [0.05, 0.1) is 124 Å². The minimum absolute atomic E-state index is 0.00489. The van der Waals surface area contributed by atoms with Gasteiger partial charge in [0.1, 0.15) is 30.5 Å². The van der Waals surface area contributed by atoms with Crippen LogP contribution < -0.4 is 19.9 Å². The van der Waals surface area contributed by atoms with E-state index in [1.165, 1.54) is 11.0 Å². The van der Waals surface area contributed by atoms with Crippen LogP contribution in [0.4, 0.5) is 24.5 Å². The molecule has 0 unspecified atom stereocenters. The number of carbonyl (C=O) groups is 4. The van der Waals surface area contributed by atoms with E-state index in [2.05, 4.69) is 10.3 Å². The number of nitrogens with zero attached hydrogens (tertiary/aromatic N) is 5. The van der Waals surface area contributed by atoms with Gasteiger partial charge in [-0.3, -0.25) is 24.1 Å². The van der Waals surface area contributed by atoms with E-state index in [1.807, 2.05) is 57.5 Å². The average molecular weight is 1140 g/mol. The van der Waals surface area contributed by atoms with Gasteiger partial charge in [-0.15, -0.1) is 11.3 Å². The lowest BCUT2D eigenvalue weighted by Crippen LogP contribution is -2.57. The molecule has 0 aliphatic carbocycles. The number of benzene rings is 3. The molecule has 0 bridgehead atoms. The summed E-state index contributed by atoms with van der Waals surface area (Å²) in [4.78, 5) is 63.4. The number of alkyl halides is 3. The van der Waals surface area contributed by atoms with Crippen LogP contribution >= 0.6 is 23.6 Å². The highest BCUT2D eigenvalue weighted by molar-refractivity contribution is 7.81. The molecule has 18 nitrogen and oxygen atoms in total. The van der Waals surface area contributed by atoms with Gasteiger partial charge in [-0.05, 0) is 98.4 Å². The second kappa shape index (κ2) is 29.0. The van der Waals surface area contributed by atoms with E-state index in [1.54, 1.807) is 60.4 Å². The Kier molecular flexibility index (Phi) is 22.8. The fourth-order valence-electron chi connectivity index (χ4n) is 8.85. The van der Waals surface area contributed by atoms with E-state index in [0.29, 0.717) is 70.7 Å². The zero-order valence-corrected chi connectivity index (χ0v) is 46.9. The number of Topliss-reactive ketones (excluding diaryl/α,β-unsaturated/α-hetero) is 1. The number of anilines is 2. The van der Waals surface area contributed by atoms with Crippen LogP contribution in [0.5, 0.6) is 5.75 Å². The first kappa shape index (κ1) is 62.3. The van der Waals surface area contributed by atoms with E-state index in [9.17, 15) is 42.7 Å². The number of likely N-dealkylation sites (tertiary alicyclic amines) is 1. The number of nitrogens with one attached hydrogen (secondary N) is 1. The molecule has 428 valence electrons. The second-order valence-electron chi connectivity index (χ2n) is 20.3. The van der Waals surface area contributed by atoms with Gasteiger partial charge in [0.15, 0.2) is 10.9 Å².